The van der Waals surface area contributed by atoms with Crippen LogP contribution in [0.25, 0.3) is 33.8 Å². The van der Waals surface area contributed by atoms with E-state index in [1.807, 2.05) is 84.9 Å². The highest BCUT2D eigenvalue weighted by Gasteiger charge is 2.42. The Balaban J connectivity index is 0.000000177. The van der Waals surface area contributed by atoms with Crippen molar-refractivity contribution in [2.45, 2.75) is 74.9 Å². The number of nitrogens with one attached hydrogen (secondary N) is 1. The van der Waals surface area contributed by atoms with Crippen LogP contribution in [0, 0.1) is 0 Å². The van der Waals surface area contributed by atoms with E-state index in [9.17, 15) is 30.7 Å². The molecule has 0 spiro atoms. The third kappa shape index (κ3) is 10.8. The first-order valence-corrected chi connectivity index (χ1v) is 19.7. The van der Waals surface area contributed by atoms with Gasteiger partial charge in [0.2, 0.25) is 30.0 Å². The van der Waals surface area contributed by atoms with Crippen LogP contribution in [0.2, 0.25) is 0 Å². The number of hydrogen-bond acceptors (Lipinski definition) is 11. The Kier molecular flexibility index (Phi) is 12.8. The maximum Gasteiger partial charge on any atom is 0.446 e. The molecular weight excluding hydrogens is 838 g/mol. The SMILES string of the molecule is COc1ccc(CNc2nc(-c3ccccc3)cc3nc([C@H]4CCC(F)(F)C4)nn23)c(OC)c1.Nc1nc(-c2ccccc2)cc2nc([C@H]3CCC(F)(F)C3)nn12.O=CC(F)(F)F. The molecule has 20 heteroatoms. The fraction of sp³-hybridized carbons (Fsp3) is 0.326. The van der Waals surface area contributed by atoms with Gasteiger partial charge in [0, 0.05) is 79.0 Å². The predicted molar refractivity (Wildman–Crippen MR) is 219 cm³/mol. The summed E-state index contributed by atoms with van der Waals surface area (Å²) in [6.07, 6.45) is -5.62. The topological polar surface area (TPSA) is 160 Å². The zero-order chi connectivity index (χ0) is 44.9. The van der Waals surface area contributed by atoms with E-state index in [1.54, 1.807) is 24.8 Å². The van der Waals surface area contributed by atoms with E-state index in [2.05, 4.69) is 30.5 Å². The normalized spacial score (nSPS) is 17.7. The monoisotopic (exact) mass is 878 g/mol. The van der Waals surface area contributed by atoms with Gasteiger partial charge in [-0.3, -0.25) is 4.79 Å². The van der Waals surface area contributed by atoms with Crippen molar-refractivity contribution in [2.24, 2.45) is 0 Å². The van der Waals surface area contributed by atoms with Crippen molar-refractivity contribution in [1.82, 2.24) is 39.2 Å². The molecule has 0 unspecified atom stereocenters. The molecule has 9 rings (SSSR count). The third-order valence-electron chi connectivity index (χ3n) is 10.4. The second-order valence-electron chi connectivity index (χ2n) is 15.0. The van der Waals surface area contributed by atoms with Gasteiger partial charge < -0.3 is 20.5 Å². The number of fused-ring (bicyclic) bond motifs is 2. The number of aldehydes is 1. The van der Waals surface area contributed by atoms with E-state index in [-0.39, 0.29) is 43.5 Å². The number of aromatic nitrogens is 8. The summed E-state index contributed by atoms with van der Waals surface area (Å²) in [5.74, 6) is -3.11. The molecule has 13 nitrogen and oxygen atoms in total. The van der Waals surface area contributed by atoms with Crippen LogP contribution in [0.5, 0.6) is 11.5 Å². The first-order valence-electron chi connectivity index (χ1n) is 19.7. The molecule has 2 saturated carbocycles. The number of rotatable bonds is 9. The van der Waals surface area contributed by atoms with Crippen LogP contribution in [0.1, 0.15) is 67.6 Å². The number of ether oxygens (including phenoxy) is 2. The molecule has 3 N–H and O–H groups in total. The van der Waals surface area contributed by atoms with Gasteiger partial charge in [-0.1, -0.05) is 60.7 Å². The van der Waals surface area contributed by atoms with Gasteiger partial charge in [-0.2, -0.15) is 22.2 Å². The summed E-state index contributed by atoms with van der Waals surface area (Å²) in [6, 6.07) is 28.5. The van der Waals surface area contributed by atoms with Gasteiger partial charge in [-0.05, 0) is 25.0 Å². The Morgan fingerprint density at radius 3 is 1.71 bits per heavy atom. The van der Waals surface area contributed by atoms with Gasteiger partial charge in [0.1, 0.15) is 11.5 Å². The van der Waals surface area contributed by atoms with Crippen molar-refractivity contribution >= 4 is 29.5 Å². The Morgan fingerprint density at radius 1 is 0.730 bits per heavy atom. The minimum Gasteiger partial charge on any atom is -0.497 e. The number of halogens is 7. The Labute approximate surface area is 355 Å². The maximum atomic E-state index is 13.8. The summed E-state index contributed by atoms with van der Waals surface area (Å²) < 4.78 is 99.5. The second-order valence-corrected chi connectivity index (χ2v) is 15.0. The minimum atomic E-state index is -4.64. The van der Waals surface area contributed by atoms with Gasteiger partial charge >= 0.3 is 6.18 Å². The van der Waals surface area contributed by atoms with Crippen molar-refractivity contribution in [3.63, 3.8) is 0 Å². The predicted octanol–water partition coefficient (Wildman–Crippen LogP) is 9.35. The molecule has 2 aliphatic carbocycles. The largest absolute Gasteiger partial charge is 0.497 e. The average molecular weight is 879 g/mol. The average Bonchev–Trinajstić information content (AvgIpc) is 4.08. The molecule has 2 aliphatic rings. The van der Waals surface area contributed by atoms with Crippen molar-refractivity contribution in [2.75, 3.05) is 25.3 Å². The number of anilines is 2. The summed E-state index contributed by atoms with van der Waals surface area (Å²) in [7, 11) is 3.21. The molecule has 0 saturated heterocycles. The van der Waals surface area contributed by atoms with Crippen molar-refractivity contribution in [3.05, 3.63) is 108 Å². The van der Waals surface area contributed by atoms with Crippen LogP contribution in [-0.2, 0) is 11.3 Å². The number of nitrogen functional groups attached to an aromatic ring is 1. The Hall–Kier alpha value is -6.86. The molecule has 0 aliphatic heterocycles. The van der Waals surface area contributed by atoms with Crippen LogP contribution in [0.4, 0.5) is 42.6 Å². The third-order valence-corrected chi connectivity index (χ3v) is 10.4. The number of alkyl halides is 7. The van der Waals surface area contributed by atoms with Gasteiger partial charge in [0.05, 0.1) is 25.6 Å². The number of carbonyl (C=O) groups excluding carboxylic acids is 1. The van der Waals surface area contributed by atoms with E-state index in [0.29, 0.717) is 71.2 Å². The van der Waals surface area contributed by atoms with E-state index >= 15 is 0 Å². The molecule has 0 amide bonds. The Bertz CT molecular complexity index is 2680. The van der Waals surface area contributed by atoms with E-state index in [4.69, 9.17) is 25.0 Å². The minimum absolute atomic E-state index is 0.115. The number of nitrogens with zero attached hydrogens (tertiary/aromatic N) is 8. The molecule has 2 atom stereocenters. The lowest BCUT2D eigenvalue weighted by Crippen LogP contribution is -2.10. The van der Waals surface area contributed by atoms with Gasteiger partial charge in [-0.15, -0.1) is 10.2 Å². The molecule has 7 aromatic rings. The molecule has 2 fully saturated rings. The fourth-order valence-corrected chi connectivity index (χ4v) is 7.32. The highest BCUT2D eigenvalue weighted by molar-refractivity contribution is 5.66. The number of nitrogens with two attached hydrogens (primary N) is 1. The standard InChI is InChI=1S/C25H25F2N5O2.C16H15F2N5.C2HF3O/c1-33-19-9-8-18(21(12-19)34-2)15-28-24-29-20(16-6-4-3-5-7-16)13-22-30-23(31-32(22)24)17-10-11-25(26,27)14-17;17-16(18)7-6-11(9-16)14-21-13-8-12(10-4-2-1-3-5-10)20-15(19)23(13)22-14;3-2(4,5)1-6/h3-9,12-13,17H,10-11,14-15H2,1-2H3,(H,28,29);1-5,8,11H,6-7,9H2,(H2,19,20);1H/t17-;11-;/m00./s1. The first kappa shape index (κ1) is 44.2. The smallest absolute Gasteiger partial charge is 0.446 e. The van der Waals surface area contributed by atoms with Crippen molar-refractivity contribution in [1.29, 1.82) is 0 Å². The van der Waals surface area contributed by atoms with E-state index < -0.39 is 24.3 Å². The quantitative estimate of drug-likeness (QED) is 0.105. The highest BCUT2D eigenvalue weighted by Crippen LogP contribution is 2.44. The van der Waals surface area contributed by atoms with Gasteiger partial charge in [0.15, 0.2) is 22.9 Å². The molecule has 4 aromatic heterocycles. The summed E-state index contributed by atoms with van der Waals surface area (Å²) in [5, 5.41) is 12.2. The Morgan fingerprint density at radius 2 is 1.24 bits per heavy atom. The summed E-state index contributed by atoms with van der Waals surface area (Å²) in [4.78, 5) is 26.8. The lowest BCUT2D eigenvalue weighted by molar-refractivity contribution is -0.156. The van der Waals surface area contributed by atoms with E-state index in [0.717, 1.165) is 16.7 Å². The fourth-order valence-electron chi connectivity index (χ4n) is 7.32. The maximum absolute atomic E-state index is 13.8. The van der Waals surface area contributed by atoms with Crippen LogP contribution in [-0.4, -0.2) is 77.7 Å². The summed E-state index contributed by atoms with van der Waals surface area (Å²) >= 11 is 0. The van der Waals surface area contributed by atoms with Crippen LogP contribution >= 0.6 is 0 Å². The number of benzene rings is 3. The molecule has 330 valence electrons. The molecular formula is C43H41F7N10O3. The van der Waals surface area contributed by atoms with E-state index in [1.165, 1.54) is 4.52 Å². The van der Waals surface area contributed by atoms with Gasteiger partial charge in [0.25, 0.3) is 0 Å². The summed E-state index contributed by atoms with van der Waals surface area (Å²) in [5.41, 5.74) is 11.2. The van der Waals surface area contributed by atoms with Gasteiger partial charge in [-0.25, -0.2) is 37.5 Å². The molecule has 0 radical (unpaired) electrons. The van der Waals surface area contributed by atoms with Crippen LogP contribution in [0.15, 0.2) is 91.0 Å². The molecule has 3 aromatic carbocycles. The van der Waals surface area contributed by atoms with Crippen LogP contribution < -0.4 is 20.5 Å². The zero-order valence-corrected chi connectivity index (χ0v) is 33.9. The molecule has 0 bridgehead atoms. The second kappa shape index (κ2) is 18.2. The first-order chi connectivity index (χ1) is 30.0. The molecule has 4 heterocycles. The number of hydrogen-bond donors (Lipinski definition) is 2. The lowest BCUT2D eigenvalue weighted by atomic mass is 10.1. The van der Waals surface area contributed by atoms with Crippen molar-refractivity contribution < 1.29 is 45.0 Å². The summed E-state index contributed by atoms with van der Waals surface area (Å²) in [6.45, 7) is 0.407. The zero-order valence-electron chi connectivity index (χ0n) is 33.9. The number of methoxy groups -OCH3 is 2. The highest BCUT2D eigenvalue weighted by atomic mass is 19.4. The van der Waals surface area contributed by atoms with Crippen LogP contribution in [0.3, 0.4) is 0 Å². The number of carbonyl (C=O) groups is 1. The molecule has 63 heavy (non-hydrogen) atoms. The lowest BCUT2D eigenvalue weighted by Gasteiger charge is -2.13. The van der Waals surface area contributed by atoms with Crippen molar-refractivity contribution in [3.8, 4) is 34.0 Å².